The molecule has 1 N–H and O–H groups in total. The molecule has 0 spiro atoms. The van der Waals surface area contributed by atoms with Gasteiger partial charge in [0.25, 0.3) is 0 Å². The normalized spacial score (nSPS) is 12.2. The van der Waals surface area contributed by atoms with E-state index >= 15 is 0 Å². The molecule has 5 heteroatoms. The van der Waals surface area contributed by atoms with Crippen LogP contribution >= 0.6 is 0 Å². The van der Waals surface area contributed by atoms with Gasteiger partial charge in [-0.25, -0.2) is 9.07 Å². The molecule has 0 aliphatic heterocycles. The third-order valence-corrected chi connectivity index (χ3v) is 3.78. The molecule has 1 aromatic heterocycles. The van der Waals surface area contributed by atoms with Crippen LogP contribution in [0.4, 0.5) is 4.39 Å². The SMILES string of the molecule is C[C@@H](NC(=O)/C=C\c1cnn(-c2ccccc2)c1)c1ccc(F)cc1. The van der Waals surface area contributed by atoms with Crippen LogP contribution in [-0.4, -0.2) is 15.7 Å². The Labute approximate surface area is 145 Å². The highest BCUT2D eigenvalue weighted by atomic mass is 19.1. The number of nitrogens with one attached hydrogen (secondary N) is 1. The lowest BCUT2D eigenvalue weighted by atomic mass is 10.1. The summed E-state index contributed by atoms with van der Waals surface area (Å²) in [5.41, 5.74) is 2.63. The highest BCUT2D eigenvalue weighted by molar-refractivity contribution is 5.91. The van der Waals surface area contributed by atoms with Crippen molar-refractivity contribution in [2.45, 2.75) is 13.0 Å². The van der Waals surface area contributed by atoms with E-state index in [1.165, 1.54) is 18.2 Å². The number of aromatic nitrogens is 2. The highest BCUT2D eigenvalue weighted by Crippen LogP contribution is 2.13. The molecule has 126 valence electrons. The maximum atomic E-state index is 12.9. The molecule has 0 bridgehead atoms. The number of amides is 1. The van der Waals surface area contributed by atoms with E-state index in [-0.39, 0.29) is 17.8 Å². The molecule has 3 rings (SSSR count). The number of hydrogen-bond donors (Lipinski definition) is 1. The lowest BCUT2D eigenvalue weighted by molar-refractivity contribution is -0.117. The van der Waals surface area contributed by atoms with Gasteiger partial charge in [-0.15, -0.1) is 0 Å². The minimum Gasteiger partial charge on any atom is -0.346 e. The number of para-hydroxylation sites is 1. The van der Waals surface area contributed by atoms with Gasteiger partial charge in [-0.05, 0) is 42.8 Å². The molecule has 0 saturated heterocycles. The van der Waals surface area contributed by atoms with Crippen molar-refractivity contribution in [2.24, 2.45) is 0 Å². The fourth-order valence-corrected chi connectivity index (χ4v) is 2.41. The van der Waals surface area contributed by atoms with Crippen LogP contribution in [0.3, 0.4) is 0 Å². The van der Waals surface area contributed by atoms with Crippen LogP contribution < -0.4 is 5.32 Å². The molecule has 3 aromatic rings. The van der Waals surface area contributed by atoms with Gasteiger partial charge in [0.15, 0.2) is 0 Å². The first-order valence-corrected chi connectivity index (χ1v) is 7.96. The van der Waals surface area contributed by atoms with Gasteiger partial charge < -0.3 is 5.32 Å². The number of carbonyl (C=O) groups is 1. The summed E-state index contributed by atoms with van der Waals surface area (Å²) in [5, 5.41) is 7.13. The van der Waals surface area contributed by atoms with E-state index in [0.717, 1.165) is 16.8 Å². The maximum absolute atomic E-state index is 12.9. The van der Waals surface area contributed by atoms with Crippen molar-refractivity contribution in [2.75, 3.05) is 0 Å². The number of carbonyl (C=O) groups excluding carboxylic acids is 1. The number of nitrogens with zero attached hydrogens (tertiary/aromatic N) is 2. The van der Waals surface area contributed by atoms with Gasteiger partial charge in [-0.3, -0.25) is 4.79 Å². The molecule has 2 aromatic carbocycles. The summed E-state index contributed by atoms with van der Waals surface area (Å²) < 4.78 is 14.7. The Hall–Kier alpha value is -3.21. The predicted molar refractivity (Wildman–Crippen MR) is 95.6 cm³/mol. The molecule has 0 unspecified atom stereocenters. The Morgan fingerprint density at radius 3 is 2.60 bits per heavy atom. The molecule has 0 radical (unpaired) electrons. The van der Waals surface area contributed by atoms with Crippen LogP contribution in [0.5, 0.6) is 0 Å². The minimum atomic E-state index is -0.294. The first-order chi connectivity index (χ1) is 12.1. The number of halogens is 1. The van der Waals surface area contributed by atoms with Crippen molar-refractivity contribution in [3.8, 4) is 5.69 Å². The Bertz CT molecular complexity index is 869. The molecular formula is C20H18FN3O. The Morgan fingerprint density at radius 2 is 1.88 bits per heavy atom. The second kappa shape index (κ2) is 7.57. The molecule has 1 amide bonds. The molecule has 4 nitrogen and oxygen atoms in total. The van der Waals surface area contributed by atoms with E-state index < -0.39 is 0 Å². The van der Waals surface area contributed by atoms with Crippen molar-refractivity contribution in [1.29, 1.82) is 0 Å². The first kappa shape index (κ1) is 16.6. The van der Waals surface area contributed by atoms with Gasteiger partial charge in [0.05, 0.1) is 17.9 Å². The Balaban J connectivity index is 1.61. The predicted octanol–water partition coefficient (Wildman–Crippen LogP) is 3.90. The summed E-state index contributed by atoms with van der Waals surface area (Å²) in [6, 6.07) is 15.6. The molecule has 0 fully saturated rings. The standard InChI is InChI=1S/C20H18FN3O/c1-15(17-8-10-18(21)11-9-17)23-20(25)12-7-16-13-22-24(14-16)19-5-3-2-4-6-19/h2-15H,1H3,(H,23,25)/b12-7-/t15-/m1/s1. The van der Waals surface area contributed by atoms with E-state index in [1.807, 2.05) is 43.5 Å². The summed E-state index contributed by atoms with van der Waals surface area (Å²) in [5.74, 6) is -0.512. The van der Waals surface area contributed by atoms with Gasteiger partial charge >= 0.3 is 0 Å². The van der Waals surface area contributed by atoms with Crippen LogP contribution in [-0.2, 0) is 4.79 Å². The van der Waals surface area contributed by atoms with E-state index in [4.69, 9.17) is 0 Å². The number of hydrogen-bond acceptors (Lipinski definition) is 2. The maximum Gasteiger partial charge on any atom is 0.244 e. The summed E-state index contributed by atoms with van der Waals surface area (Å²) in [7, 11) is 0. The van der Waals surface area contributed by atoms with Gasteiger partial charge in [0, 0.05) is 17.8 Å². The summed E-state index contributed by atoms with van der Waals surface area (Å²) in [4.78, 5) is 12.0. The number of rotatable bonds is 5. The molecular weight excluding hydrogens is 317 g/mol. The van der Waals surface area contributed by atoms with Crippen LogP contribution in [0.25, 0.3) is 11.8 Å². The van der Waals surface area contributed by atoms with Crippen molar-refractivity contribution >= 4 is 12.0 Å². The average molecular weight is 335 g/mol. The van der Waals surface area contributed by atoms with Crippen molar-refractivity contribution < 1.29 is 9.18 Å². The highest BCUT2D eigenvalue weighted by Gasteiger charge is 2.07. The van der Waals surface area contributed by atoms with Crippen LogP contribution in [0.2, 0.25) is 0 Å². The Kier molecular flexibility index (Phi) is 5.04. The summed E-state index contributed by atoms with van der Waals surface area (Å²) in [6.07, 6.45) is 6.72. The third kappa shape index (κ3) is 4.41. The molecule has 1 atom stereocenters. The van der Waals surface area contributed by atoms with Crippen molar-refractivity contribution in [3.63, 3.8) is 0 Å². The van der Waals surface area contributed by atoms with Gasteiger partial charge in [-0.1, -0.05) is 30.3 Å². The van der Waals surface area contributed by atoms with E-state index in [9.17, 15) is 9.18 Å². The van der Waals surface area contributed by atoms with Gasteiger partial charge in [-0.2, -0.15) is 5.10 Å². The Morgan fingerprint density at radius 1 is 1.16 bits per heavy atom. The topological polar surface area (TPSA) is 46.9 Å². The van der Waals surface area contributed by atoms with Gasteiger partial charge in [0.1, 0.15) is 5.82 Å². The zero-order valence-electron chi connectivity index (χ0n) is 13.8. The molecule has 25 heavy (non-hydrogen) atoms. The van der Waals surface area contributed by atoms with E-state index in [0.29, 0.717) is 0 Å². The molecule has 0 aliphatic rings. The number of benzene rings is 2. The average Bonchev–Trinajstić information content (AvgIpc) is 3.10. The fraction of sp³-hybridized carbons (Fsp3) is 0.100. The van der Waals surface area contributed by atoms with E-state index in [2.05, 4.69) is 10.4 Å². The zero-order valence-corrected chi connectivity index (χ0v) is 13.8. The third-order valence-electron chi connectivity index (χ3n) is 3.78. The summed E-state index contributed by atoms with van der Waals surface area (Å²) in [6.45, 7) is 1.85. The smallest absolute Gasteiger partial charge is 0.244 e. The zero-order chi connectivity index (χ0) is 17.6. The van der Waals surface area contributed by atoms with Crippen LogP contribution in [0.1, 0.15) is 24.1 Å². The van der Waals surface area contributed by atoms with Crippen LogP contribution in [0, 0.1) is 5.82 Å². The molecule has 0 saturated carbocycles. The molecule has 0 aliphatic carbocycles. The lowest BCUT2D eigenvalue weighted by Gasteiger charge is -2.12. The second-order valence-electron chi connectivity index (χ2n) is 5.67. The van der Waals surface area contributed by atoms with Gasteiger partial charge in [0.2, 0.25) is 5.91 Å². The second-order valence-corrected chi connectivity index (χ2v) is 5.67. The van der Waals surface area contributed by atoms with Crippen molar-refractivity contribution in [3.05, 3.63) is 90.0 Å². The fourth-order valence-electron chi connectivity index (χ4n) is 2.41. The quantitative estimate of drug-likeness (QED) is 0.719. The van der Waals surface area contributed by atoms with Crippen molar-refractivity contribution in [1.82, 2.24) is 15.1 Å². The first-order valence-electron chi connectivity index (χ1n) is 7.96. The van der Waals surface area contributed by atoms with E-state index in [1.54, 1.807) is 29.1 Å². The minimum absolute atomic E-state index is 0.204. The summed E-state index contributed by atoms with van der Waals surface area (Å²) >= 11 is 0. The molecule has 1 heterocycles. The lowest BCUT2D eigenvalue weighted by Crippen LogP contribution is -2.24. The van der Waals surface area contributed by atoms with Crippen LogP contribution in [0.15, 0.2) is 73.1 Å². The monoisotopic (exact) mass is 335 g/mol. The largest absolute Gasteiger partial charge is 0.346 e.